The molecule has 1 heterocycles. The first kappa shape index (κ1) is 15.2. The van der Waals surface area contributed by atoms with Crippen LogP contribution in [-0.4, -0.2) is 14.9 Å². The van der Waals surface area contributed by atoms with E-state index in [9.17, 15) is 9.50 Å². The maximum atomic E-state index is 13.5. The minimum atomic E-state index is -1.26. The molecule has 0 saturated heterocycles. The Hall–Kier alpha value is -1.20. The molecule has 1 atom stereocenters. The number of halogens is 2. The fraction of sp³-hybridized carbons (Fsp3) is 0.400. The first-order valence-electron chi connectivity index (χ1n) is 6.73. The fourth-order valence-electron chi connectivity index (χ4n) is 2.41. The zero-order valence-corrected chi connectivity index (χ0v) is 13.2. The molecule has 0 fully saturated rings. The van der Waals surface area contributed by atoms with Gasteiger partial charge in [0.25, 0.3) is 0 Å². The molecule has 0 spiro atoms. The van der Waals surface area contributed by atoms with Crippen LogP contribution in [0.5, 0.6) is 0 Å². The molecule has 0 aliphatic heterocycles. The van der Waals surface area contributed by atoms with Crippen molar-refractivity contribution in [1.82, 2.24) is 9.78 Å². The second kappa shape index (κ2) is 6.06. The summed E-state index contributed by atoms with van der Waals surface area (Å²) in [5.41, 5.74) is -0.0434. The number of aryl methyl sites for hydroxylation is 1. The van der Waals surface area contributed by atoms with Crippen LogP contribution in [0.3, 0.4) is 0 Å². The van der Waals surface area contributed by atoms with Gasteiger partial charge in [-0.05, 0) is 46.5 Å². The quantitative estimate of drug-likeness (QED) is 0.897. The molecule has 108 valence electrons. The predicted octanol–water partition coefficient (Wildman–Crippen LogP) is 3.84. The topological polar surface area (TPSA) is 38.0 Å². The summed E-state index contributed by atoms with van der Waals surface area (Å²) in [6.45, 7) is 4.63. The molecule has 0 saturated carbocycles. The molecule has 20 heavy (non-hydrogen) atoms. The third-order valence-corrected chi connectivity index (χ3v) is 4.02. The van der Waals surface area contributed by atoms with Crippen molar-refractivity contribution in [2.24, 2.45) is 0 Å². The molecule has 0 amide bonds. The normalized spacial score (nSPS) is 14.2. The van der Waals surface area contributed by atoms with Crippen molar-refractivity contribution in [3.63, 3.8) is 0 Å². The SMILES string of the molecule is CCCn1ncc(Br)c1C(O)(CC)c1cccc(F)c1. The minimum Gasteiger partial charge on any atom is -0.379 e. The molecule has 5 heteroatoms. The van der Waals surface area contributed by atoms with Crippen LogP contribution in [0.15, 0.2) is 34.9 Å². The van der Waals surface area contributed by atoms with Crippen LogP contribution in [0, 0.1) is 5.82 Å². The van der Waals surface area contributed by atoms with Crippen molar-refractivity contribution in [3.05, 3.63) is 52.0 Å². The van der Waals surface area contributed by atoms with Gasteiger partial charge < -0.3 is 5.11 Å². The molecule has 3 nitrogen and oxygen atoms in total. The van der Waals surface area contributed by atoms with Gasteiger partial charge in [-0.2, -0.15) is 5.10 Å². The van der Waals surface area contributed by atoms with Gasteiger partial charge in [0.15, 0.2) is 0 Å². The van der Waals surface area contributed by atoms with Crippen LogP contribution < -0.4 is 0 Å². The molecule has 0 aliphatic carbocycles. The highest BCUT2D eigenvalue weighted by Crippen LogP contribution is 2.37. The number of hydrogen-bond acceptors (Lipinski definition) is 2. The third kappa shape index (κ3) is 2.65. The molecule has 1 unspecified atom stereocenters. The Morgan fingerprint density at radius 2 is 2.15 bits per heavy atom. The Labute approximate surface area is 126 Å². The minimum absolute atomic E-state index is 0.355. The number of nitrogens with zero attached hydrogens (tertiary/aromatic N) is 2. The van der Waals surface area contributed by atoms with Crippen LogP contribution in [0.2, 0.25) is 0 Å². The Morgan fingerprint density at radius 1 is 1.40 bits per heavy atom. The van der Waals surface area contributed by atoms with E-state index in [-0.39, 0.29) is 5.82 Å². The summed E-state index contributed by atoms with van der Waals surface area (Å²) in [5, 5.41) is 15.4. The monoisotopic (exact) mass is 340 g/mol. The lowest BCUT2D eigenvalue weighted by Gasteiger charge is -2.29. The molecule has 0 radical (unpaired) electrons. The highest BCUT2D eigenvalue weighted by atomic mass is 79.9. The van der Waals surface area contributed by atoms with Crippen molar-refractivity contribution in [2.45, 2.75) is 38.8 Å². The van der Waals surface area contributed by atoms with E-state index in [0.29, 0.717) is 24.2 Å². The van der Waals surface area contributed by atoms with Crippen LogP contribution >= 0.6 is 15.9 Å². The molecular formula is C15H18BrFN2O. The van der Waals surface area contributed by atoms with E-state index in [1.165, 1.54) is 12.1 Å². The Bertz CT molecular complexity index is 599. The Morgan fingerprint density at radius 3 is 2.75 bits per heavy atom. The van der Waals surface area contributed by atoms with Gasteiger partial charge in [-0.15, -0.1) is 0 Å². The summed E-state index contributed by atoms with van der Waals surface area (Å²) in [5.74, 6) is -0.355. The van der Waals surface area contributed by atoms with Crippen LogP contribution in [0.1, 0.15) is 37.9 Å². The lowest BCUT2D eigenvalue weighted by atomic mass is 9.87. The maximum Gasteiger partial charge on any atom is 0.132 e. The van der Waals surface area contributed by atoms with E-state index in [2.05, 4.69) is 21.0 Å². The number of rotatable bonds is 5. The van der Waals surface area contributed by atoms with Crippen molar-refractivity contribution in [2.75, 3.05) is 0 Å². The van der Waals surface area contributed by atoms with Crippen molar-refractivity contribution in [1.29, 1.82) is 0 Å². The number of benzene rings is 1. The largest absolute Gasteiger partial charge is 0.379 e. The van der Waals surface area contributed by atoms with Crippen LogP contribution in [0.25, 0.3) is 0 Å². The van der Waals surface area contributed by atoms with Gasteiger partial charge in [0.1, 0.15) is 11.4 Å². The van der Waals surface area contributed by atoms with E-state index >= 15 is 0 Å². The van der Waals surface area contributed by atoms with Crippen LogP contribution in [-0.2, 0) is 12.1 Å². The first-order valence-corrected chi connectivity index (χ1v) is 7.52. The van der Waals surface area contributed by atoms with E-state index in [1.807, 2.05) is 13.8 Å². The molecule has 0 bridgehead atoms. The van der Waals surface area contributed by atoms with E-state index in [0.717, 1.165) is 10.9 Å². The average Bonchev–Trinajstić information content (AvgIpc) is 2.80. The molecule has 2 aromatic rings. The lowest BCUT2D eigenvalue weighted by molar-refractivity contribution is 0.0653. The van der Waals surface area contributed by atoms with Gasteiger partial charge in [0.05, 0.1) is 16.4 Å². The van der Waals surface area contributed by atoms with Gasteiger partial charge in [-0.1, -0.05) is 26.0 Å². The molecule has 2 rings (SSSR count). The van der Waals surface area contributed by atoms with Crippen molar-refractivity contribution in [3.8, 4) is 0 Å². The summed E-state index contributed by atoms with van der Waals surface area (Å²) >= 11 is 3.44. The van der Waals surface area contributed by atoms with Gasteiger partial charge in [0.2, 0.25) is 0 Å². The van der Waals surface area contributed by atoms with Gasteiger partial charge in [-0.25, -0.2) is 4.39 Å². The third-order valence-electron chi connectivity index (χ3n) is 3.44. The number of hydrogen-bond donors (Lipinski definition) is 1. The molecular weight excluding hydrogens is 323 g/mol. The van der Waals surface area contributed by atoms with Gasteiger partial charge in [0, 0.05) is 6.54 Å². The standard InChI is InChI=1S/C15H18BrFN2O/c1-3-8-19-14(13(16)10-18-19)15(20,4-2)11-6-5-7-12(17)9-11/h5-7,9-10,20H,3-4,8H2,1-2H3. The highest BCUT2D eigenvalue weighted by molar-refractivity contribution is 9.10. The second-order valence-corrected chi connectivity index (χ2v) is 5.64. The molecule has 1 N–H and O–H groups in total. The summed E-state index contributed by atoms with van der Waals surface area (Å²) in [6.07, 6.45) is 3.01. The first-order chi connectivity index (χ1) is 9.52. The summed E-state index contributed by atoms with van der Waals surface area (Å²) in [4.78, 5) is 0. The second-order valence-electron chi connectivity index (χ2n) is 4.79. The predicted molar refractivity (Wildman–Crippen MR) is 79.9 cm³/mol. The lowest BCUT2D eigenvalue weighted by Crippen LogP contribution is -2.30. The molecule has 1 aromatic carbocycles. The van der Waals surface area contributed by atoms with Crippen LogP contribution in [0.4, 0.5) is 4.39 Å². The summed E-state index contributed by atoms with van der Waals surface area (Å²) in [6, 6.07) is 6.10. The Kier molecular flexibility index (Phi) is 4.60. The van der Waals surface area contributed by atoms with Crippen molar-refractivity contribution >= 4 is 15.9 Å². The fourth-order valence-corrected chi connectivity index (χ4v) is 3.03. The smallest absolute Gasteiger partial charge is 0.132 e. The van der Waals surface area contributed by atoms with E-state index in [4.69, 9.17) is 0 Å². The van der Waals surface area contributed by atoms with E-state index < -0.39 is 5.60 Å². The zero-order valence-electron chi connectivity index (χ0n) is 11.6. The number of aromatic nitrogens is 2. The van der Waals surface area contributed by atoms with Crippen molar-refractivity contribution < 1.29 is 9.50 Å². The average molecular weight is 341 g/mol. The maximum absolute atomic E-state index is 13.5. The van der Waals surface area contributed by atoms with Gasteiger partial charge in [-0.3, -0.25) is 4.68 Å². The molecule has 1 aromatic heterocycles. The summed E-state index contributed by atoms with van der Waals surface area (Å²) < 4.78 is 16.0. The van der Waals surface area contributed by atoms with E-state index in [1.54, 1.807) is 23.0 Å². The zero-order chi connectivity index (χ0) is 14.8. The highest BCUT2D eigenvalue weighted by Gasteiger charge is 2.35. The number of aliphatic hydroxyl groups is 1. The van der Waals surface area contributed by atoms with Gasteiger partial charge >= 0.3 is 0 Å². The molecule has 0 aliphatic rings. The summed E-state index contributed by atoms with van der Waals surface area (Å²) in [7, 11) is 0. The Balaban J connectivity index is 2.58.